The highest BCUT2D eigenvalue weighted by Crippen LogP contribution is 2.19. The van der Waals surface area contributed by atoms with E-state index < -0.39 is 17.4 Å². The van der Waals surface area contributed by atoms with Crippen LogP contribution in [0.4, 0.5) is 5.69 Å². The number of anilines is 1. The third kappa shape index (κ3) is 5.20. The zero-order valence-electron chi connectivity index (χ0n) is 11.3. The van der Waals surface area contributed by atoms with Crippen molar-refractivity contribution in [2.24, 2.45) is 11.5 Å². The summed E-state index contributed by atoms with van der Waals surface area (Å²) in [6, 6.07) is 1.39. The van der Waals surface area contributed by atoms with E-state index in [0.717, 1.165) is 0 Å². The van der Waals surface area contributed by atoms with E-state index in [1.54, 1.807) is 13.8 Å². The van der Waals surface area contributed by atoms with Crippen LogP contribution in [0.25, 0.3) is 0 Å². The predicted molar refractivity (Wildman–Crippen MR) is 80.7 cm³/mol. The Hall–Kier alpha value is -1.57. The lowest BCUT2D eigenvalue weighted by Gasteiger charge is -2.18. The highest BCUT2D eigenvalue weighted by molar-refractivity contribution is 6.00. The number of nitrogens with one attached hydrogen (secondary N) is 1. The molecule has 0 unspecified atom stereocenters. The number of hydrogen-bond acceptors (Lipinski definition) is 5. The van der Waals surface area contributed by atoms with Gasteiger partial charge < -0.3 is 21.5 Å². The van der Waals surface area contributed by atoms with Gasteiger partial charge in [0.15, 0.2) is 0 Å². The van der Waals surface area contributed by atoms with Gasteiger partial charge in [0.05, 0.1) is 24.5 Å². The van der Waals surface area contributed by atoms with Crippen LogP contribution in [0, 0.1) is 0 Å². The molecule has 0 bridgehead atoms. The molecule has 1 rings (SSSR count). The molecule has 0 saturated carbocycles. The second kappa shape index (κ2) is 7.88. The number of carbonyl (C=O) groups is 2. The van der Waals surface area contributed by atoms with E-state index in [2.05, 4.69) is 10.3 Å². The number of rotatable bonds is 4. The van der Waals surface area contributed by atoms with Gasteiger partial charge in [-0.2, -0.15) is 0 Å². The Kier molecular flexibility index (Phi) is 8.18. The highest BCUT2D eigenvalue weighted by Gasteiger charge is 2.22. The molecule has 1 aromatic rings. The monoisotopic (exact) mass is 324 g/mol. The average molecular weight is 325 g/mol. The van der Waals surface area contributed by atoms with Crippen LogP contribution in [0.15, 0.2) is 12.3 Å². The number of pyridine rings is 1. The van der Waals surface area contributed by atoms with Crippen molar-refractivity contribution in [3.05, 3.63) is 17.8 Å². The van der Waals surface area contributed by atoms with Crippen molar-refractivity contribution in [3.8, 4) is 5.88 Å². The molecule has 5 N–H and O–H groups in total. The molecule has 0 fully saturated rings. The van der Waals surface area contributed by atoms with Gasteiger partial charge in [0.2, 0.25) is 11.8 Å². The predicted octanol–water partition coefficient (Wildman–Crippen LogP) is 0.708. The van der Waals surface area contributed by atoms with Crippen LogP contribution in [0.3, 0.4) is 0 Å². The normalized spacial score (nSPS) is 9.80. The van der Waals surface area contributed by atoms with Crippen LogP contribution in [0.1, 0.15) is 24.2 Å². The lowest BCUT2D eigenvalue weighted by Crippen LogP contribution is -2.45. The summed E-state index contributed by atoms with van der Waals surface area (Å²) in [5, 5.41) is 2.54. The summed E-state index contributed by atoms with van der Waals surface area (Å²) in [6.45, 7) is 3.13. The minimum atomic E-state index is -1.03. The number of amides is 2. The zero-order valence-corrected chi connectivity index (χ0v) is 12.9. The van der Waals surface area contributed by atoms with E-state index in [-0.39, 0.29) is 36.3 Å². The number of primary amides is 1. The molecule has 0 aliphatic carbocycles. The number of aromatic nitrogens is 1. The second-order valence-electron chi connectivity index (χ2n) is 4.32. The lowest BCUT2D eigenvalue weighted by atomic mass is 10.1. The first kappa shape index (κ1) is 20.7. The minimum absolute atomic E-state index is 0. The summed E-state index contributed by atoms with van der Waals surface area (Å²) in [5.74, 6) is -0.986. The molecule has 9 heteroatoms. The summed E-state index contributed by atoms with van der Waals surface area (Å²) in [6.07, 6.45) is 1.36. The Morgan fingerprint density at radius 2 is 1.90 bits per heavy atom. The van der Waals surface area contributed by atoms with Crippen molar-refractivity contribution >= 4 is 42.3 Å². The zero-order chi connectivity index (χ0) is 13.9. The molecule has 0 aliphatic rings. The molecular formula is C11H18Cl2N4O3. The van der Waals surface area contributed by atoms with Gasteiger partial charge in [0.25, 0.3) is 5.91 Å². The molecule has 114 valence electrons. The molecule has 2 amide bonds. The van der Waals surface area contributed by atoms with Crippen LogP contribution < -0.4 is 21.5 Å². The van der Waals surface area contributed by atoms with Gasteiger partial charge in [0, 0.05) is 0 Å². The first-order valence-corrected chi connectivity index (χ1v) is 5.20. The maximum absolute atomic E-state index is 11.7. The van der Waals surface area contributed by atoms with Crippen LogP contribution in [0.2, 0.25) is 0 Å². The van der Waals surface area contributed by atoms with Crippen molar-refractivity contribution in [2.75, 3.05) is 12.4 Å². The third-order valence-electron chi connectivity index (χ3n) is 2.15. The van der Waals surface area contributed by atoms with Gasteiger partial charge >= 0.3 is 0 Å². The second-order valence-corrected chi connectivity index (χ2v) is 4.32. The fraction of sp³-hybridized carbons (Fsp3) is 0.364. The fourth-order valence-electron chi connectivity index (χ4n) is 1.15. The Labute approximate surface area is 129 Å². The molecule has 0 atom stereocenters. The van der Waals surface area contributed by atoms with Crippen molar-refractivity contribution in [1.29, 1.82) is 0 Å². The third-order valence-corrected chi connectivity index (χ3v) is 2.15. The Bertz CT molecular complexity index is 489. The number of methoxy groups -OCH3 is 1. The van der Waals surface area contributed by atoms with Gasteiger partial charge in [-0.25, -0.2) is 4.98 Å². The minimum Gasteiger partial charge on any atom is -0.480 e. The molecule has 0 aromatic carbocycles. The van der Waals surface area contributed by atoms with E-state index in [1.807, 2.05) is 0 Å². The van der Waals surface area contributed by atoms with E-state index in [0.29, 0.717) is 5.69 Å². The topological polar surface area (TPSA) is 120 Å². The molecule has 7 nitrogen and oxygen atoms in total. The Balaban J connectivity index is 0. The van der Waals surface area contributed by atoms with Gasteiger partial charge in [-0.05, 0) is 19.9 Å². The van der Waals surface area contributed by atoms with E-state index in [1.165, 1.54) is 19.4 Å². The Morgan fingerprint density at radius 3 is 2.30 bits per heavy atom. The smallest absolute Gasteiger partial charge is 0.254 e. The number of nitrogens with zero attached hydrogens (tertiary/aromatic N) is 1. The molecule has 20 heavy (non-hydrogen) atoms. The summed E-state index contributed by atoms with van der Waals surface area (Å²) in [7, 11) is 1.37. The van der Waals surface area contributed by atoms with E-state index in [9.17, 15) is 9.59 Å². The molecule has 0 saturated heterocycles. The molecular weight excluding hydrogens is 307 g/mol. The summed E-state index contributed by atoms with van der Waals surface area (Å²) >= 11 is 0. The summed E-state index contributed by atoms with van der Waals surface area (Å²) in [5.41, 5.74) is 10.2. The first-order valence-electron chi connectivity index (χ1n) is 5.20. The average Bonchev–Trinajstić information content (AvgIpc) is 2.27. The molecule has 0 spiro atoms. The standard InChI is InChI=1S/C11H16N4O3.2ClH/c1-11(2,13)10(17)15-6-4-7(8(12)16)9(18-3)14-5-6;;/h4-5H,13H2,1-3H3,(H2,12,16)(H,15,17);2*1H. The fourth-order valence-corrected chi connectivity index (χ4v) is 1.15. The van der Waals surface area contributed by atoms with Crippen molar-refractivity contribution in [1.82, 2.24) is 4.98 Å². The van der Waals surface area contributed by atoms with Gasteiger partial charge in [-0.15, -0.1) is 24.8 Å². The molecule has 0 radical (unpaired) electrons. The maximum atomic E-state index is 11.7. The van der Waals surface area contributed by atoms with Crippen LogP contribution in [-0.4, -0.2) is 29.4 Å². The van der Waals surface area contributed by atoms with Crippen LogP contribution >= 0.6 is 24.8 Å². The van der Waals surface area contributed by atoms with E-state index >= 15 is 0 Å². The van der Waals surface area contributed by atoms with E-state index in [4.69, 9.17) is 16.2 Å². The quantitative estimate of drug-likeness (QED) is 0.753. The number of carbonyl (C=O) groups excluding carboxylic acids is 2. The first-order chi connectivity index (χ1) is 8.25. The molecule has 0 aliphatic heterocycles. The van der Waals surface area contributed by atoms with Crippen molar-refractivity contribution in [2.45, 2.75) is 19.4 Å². The summed E-state index contributed by atoms with van der Waals surface area (Å²) in [4.78, 5) is 26.7. The largest absolute Gasteiger partial charge is 0.480 e. The van der Waals surface area contributed by atoms with Crippen molar-refractivity contribution < 1.29 is 14.3 Å². The van der Waals surface area contributed by atoms with Gasteiger partial charge in [-0.3, -0.25) is 9.59 Å². The van der Waals surface area contributed by atoms with Crippen LogP contribution in [0.5, 0.6) is 5.88 Å². The van der Waals surface area contributed by atoms with Gasteiger partial charge in [-0.1, -0.05) is 0 Å². The maximum Gasteiger partial charge on any atom is 0.254 e. The molecule has 1 aromatic heterocycles. The number of halogens is 2. The number of nitrogens with two attached hydrogens (primary N) is 2. The van der Waals surface area contributed by atoms with Crippen molar-refractivity contribution in [3.63, 3.8) is 0 Å². The number of hydrogen-bond donors (Lipinski definition) is 3. The lowest BCUT2D eigenvalue weighted by molar-refractivity contribution is -0.120. The SMILES string of the molecule is COc1ncc(NC(=O)C(C)(C)N)cc1C(N)=O.Cl.Cl. The van der Waals surface area contributed by atoms with Gasteiger partial charge in [0.1, 0.15) is 5.56 Å². The Morgan fingerprint density at radius 1 is 1.35 bits per heavy atom. The van der Waals surface area contributed by atoms with Crippen LogP contribution in [-0.2, 0) is 4.79 Å². The highest BCUT2D eigenvalue weighted by atomic mass is 35.5. The summed E-state index contributed by atoms with van der Waals surface area (Å²) < 4.78 is 4.88. The number of ether oxygens (including phenoxy) is 1. The molecule has 1 heterocycles.